The molecule has 1 unspecified atom stereocenters. The summed E-state index contributed by atoms with van der Waals surface area (Å²) in [4.78, 5) is 9.46. The third kappa shape index (κ3) is 2.69. The number of piperazine rings is 1. The third-order valence-electron chi connectivity index (χ3n) is 3.79. The number of rotatable bonds is 3. The molecule has 1 fully saturated rings. The first-order chi connectivity index (χ1) is 9.78. The zero-order valence-corrected chi connectivity index (χ0v) is 12.8. The number of nitrogens with zero attached hydrogens (tertiary/aromatic N) is 4. The highest BCUT2D eigenvalue weighted by atomic mass is 32.1. The Morgan fingerprint density at radius 3 is 2.75 bits per heavy atom. The summed E-state index contributed by atoms with van der Waals surface area (Å²) >= 11 is 1.53. The number of hydrogen-bond acceptors (Lipinski definition) is 5. The molecule has 0 aliphatic carbocycles. The Hall–Kier alpha value is -1.46. The molecular formula is C15H20N4S. The van der Waals surface area contributed by atoms with Crippen molar-refractivity contribution in [3.05, 3.63) is 41.7 Å². The highest BCUT2D eigenvalue weighted by Gasteiger charge is 2.28. The second-order valence-electron chi connectivity index (χ2n) is 5.23. The van der Waals surface area contributed by atoms with Crippen LogP contribution in [0.2, 0.25) is 0 Å². The van der Waals surface area contributed by atoms with Crippen LogP contribution in [0.3, 0.4) is 0 Å². The monoisotopic (exact) mass is 288 g/mol. The molecule has 4 nitrogen and oxygen atoms in total. The summed E-state index contributed by atoms with van der Waals surface area (Å²) in [6, 6.07) is 11.1. The lowest BCUT2D eigenvalue weighted by Crippen LogP contribution is -2.46. The zero-order chi connectivity index (χ0) is 13.9. The largest absolute Gasteiger partial charge is 0.337 e. The molecule has 1 aromatic carbocycles. The van der Waals surface area contributed by atoms with Crippen LogP contribution < -0.4 is 4.90 Å². The van der Waals surface area contributed by atoms with Crippen LogP contribution in [-0.4, -0.2) is 40.9 Å². The molecule has 1 saturated heterocycles. The van der Waals surface area contributed by atoms with Gasteiger partial charge in [0, 0.05) is 37.6 Å². The summed E-state index contributed by atoms with van der Waals surface area (Å²) in [5.74, 6) is 0.954. The number of aryl methyl sites for hydroxylation is 1. The summed E-state index contributed by atoms with van der Waals surface area (Å²) < 4.78 is 4.43. The first kappa shape index (κ1) is 13.5. The summed E-state index contributed by atoms with van der Waals surface area (Å²) in [5.41, 5.74) is 1.35. The first-order valence-electron chi connectivity index (χ1n) is 7.10. The van der Waals surface area contributed by atoms with Crippen molar-refractivity contribution in [2.75, 3.05) is 31.6 Å². The Labute approximate surface area is 124 Å². The predicted molar refractivity (Wildman–Crippen MR) is 83.3 cm³/mol. The number of anilines is 1. The Kier molecular flexibility index (Phi) is 3.98. The topological polar surface area (TPSA) is 32.3 Å². The minimum Gasteiger partial charge on any atom is -0.337 e. The normalized spacial score (nSPS) is 20.3. The molecular weight excluding hydrogens is 268 g/mol. The summed E-state index contributed by atoms with van der Waals surface area (Å²) in [6.07, 6.45) is 0.903. The highest BCUT2D eigenvalue weighted by molar-refractivity contribution is 7.09. The fraction of sp³-hybridized carbons (Fsp3) is 0.467. The molecule has 5 heteroatoms. The van der Waals surface area contributed by atoms with Gasteiger partial charge in [0.05, 0.1) is 6.04 Å². The Bertz CT molecular complexity index is 554. The first-order valence-corrected chi connectivity index (χ1v) is 7.88. The van der Waals surface area contributed by atoms with E-state index in [-0.39, 0.29) is 0 Å². The summed E-state index contributed by atoms with van der Waals surface area (Å²) in [5, 5.41) is 1.06. The number of likely N-dealkylation sites (N-methyl/N-ethyl adjacent to an activating group) is 1. The van der Waals surface area contributed by atoms with E-state index in [1.54, 1.807) is 0 Å². The SMILES string of the molecule is CCc1nsc(N2CCN(C)CC2c2ccccc2)n1. The fourth-order valence-corrected chi connectivity index (χ4v) is 3.44. The van der Waals surface area contributed by atoms with E-state index in [1.807, 2.05) is 0 Å². The van der Waals surface area contributed by atoms with Crippen molar-refractivity contribution < 1.29 is 0 Å². The van der Waals surface area contributed by atoms with E-state index in [2.05, 4.69) is 63.5 Å². The van der Waals surface area contributed by atoms with Gasteiger partial charge >= 0.3 is 0 Å². The lowest BCUT2D eigenvalue weighted by Gasteiger charge is -2.40. The van der Waals surface area contributed by atoms with Gasteiger partial charge in [0.15, 0.2) is 0 Å². The Balaban J connectivity index is 1.90. The maximum atomic E-state index is 4.67. The molecule has 0 saturated carbocycles. The van der Waals surface area contributed by atoms with E-state index < -0.39 is 0 Å². The van der Waals surface area contributed by atoms with Gasteiger partial charge in [0.2, 0.25) is 5.13 Å². The lowest BCUT2D eigenvalue weighted by atomic mass is 10.0. The van der Waals surface area contributed by atoms with E-state index in [4.69, 9.17) is 0 Å². The van der Waals surface area contributed by atoms with Crippen LogP contribution in [0.25, 0.3) is 0 Å². The average molecular weight is 288 g/mol. The molecule has 0 N–H and O–H groups in total. The second kappa shape index (κ2) is 5.89. The van der Waals surface area contributed by atoms with Crippen LogP contribution in [0.15, 0.2) is 30.3 Å². The van der Waals surface area contributed by atoms with Gasteiger partial charge < -0.3 is 9.80 Å². The van der Waals surface area contributed by atoms with Crippen LogP contribution >= 0.6 is 11.5 Å². The molecule has 2 heterocycles. The van der Waals surface area contributed by atoms with E-state index in [1.165, 1.54) is 17.1 Å². The number of aromatic nitrogens is 2. The van der Waals surface area contributed by atoms with Crippen molar-refractivity contribution in [3.8, 4) is 0 Å². The maximum absolute atomic E-state index is 4.67. The quantitative estimate of drug-likeness (QED) is 0.869. The lowest BCUT2D eigenvalue weighted by molar-refractivity contribution is 0.269. The van der Waals surface area contributed by atoms with Gasteiger partial charge in [-0.05, 0) is 12.6 Å². The van der Waals surface area contributed by atoms with Gasteiger partial charge in [-0.3, -0.25) is 0 Å². The molecule has 2 aromatic rings. The van der Waals surface area contributed by atoms with E-state index in [9.17, 15) is 0 Å². The molecule has 1 atom stereocenters. The van der Waals surface area contributed by atoms with Gasteiger partial charge in [-0.2, -0.15) is 4.37 Å². The zero-order valence-electron chi connectivity index (χ0n) is 12.0. The van der Waals surface area contributed by atoms with E-state index in [0.717, 1.165) is 37.0 Å². The number of benzene rings is 1. The van der Waals surface area contributed by atoms with Crippen molar-refractivity contribution in [1.82, 2.24) is 14.3 Å². The summed E-state index contributed by atoms with van der Waals surface area (Å²) in [6.45, 7) is 5.22. The van der Waals surface area contributed by atoms with Crippen LogP contribution in [0, 0.1) is 0 Å². The smallest absolute Gasteiger partial charge is 0.205 e. The standard InChI is InChI=1S/C15H20N4S/c1-3-14-16-15(20-17-14)19-10-9-18(2)11-13(19)12-7-5-4-6-8-12/h4-8,13H,3,9-11H2,1-2H3. The Morgan fingerprint density at radius 1 is 1.25 bits per heavy atom. The van der Waals surface area contributed by atoms with Gasteiger partial charge in [0.1, 0.15) is 5.82 Å². The van der Waals surface area contributed by atoms with E-state index >= 15 is 0 Å². The van der Waals surface area contributed by atoms with Crippen LogP contribution in [0.4, 0.5) is 5.13 Å². The molecule has 1 aliphatic heterocycles. The molecule has 3 rings (SSSR count). The maximum Gasteiger partial charge on any atom is 0.205 e. The number of hydrogen-bond donors (Lipinski definition) is 0. The van der Waals surface area contributed by atoms with Crippen molar-refractivity contribution in [2.45, 2.75) is 19.4 Å². The third-order valence-corrected chi connectivity index (χ3v) is 4.58. The molecule has 0 amide bonds. The van der Waals surface area contributed by atoms with Gasteiger partial charge in [-0.15, -0.1) is 0 Å². The molecule has 20 heavy (non-hydrogen) atoms. The second-order valence-corrected chi connectivity index (χ2v) is 5.96. The van der Waals surface area contributed by atoms with E-state index in [0.29, 0.717) is 6.04 Å². The fourth-order valence-electron chi connectivity index (χ4n) is 2.61. The average Bonchev–Trinajstić information content (AvgIpc) is 2.97. The minimum absolute atomic E-state index is 0.368. The van der Waals surface area contributed by atoms with Crippen molar-refractivity contribution in [1.29, 1.82) is 0 Å². The summed E-state index contributed by atoms with van der Waals surface area (Å²) in [7, 11) is 2.19. The van der Waals surface area contributed by atoms with Gasteiger partial charge in [-0.25, -0.2) is 4.98 Å². The predicted octanol–water partition coefficient (Wildman–Crippen LogP) is 2.59. The van der Waals surface area contributed by atoms with Crippen LogP contribution in [0.5, 0.6) is 0 Å². The molecule has 0 spiro atoms. The van der Waals surface area contributed by atoms with Gasteiger partial charge in [-0.1, -0.05) is 37.3 Å². The van der Waals surface area contributed by atoms with Gasteiger partial charge in [0.25, 0.3) is 0 Å². The molecule has 0 radical (unpaired) electrons. The van der Waals surface area contributed by atoms with Crippen LogP contribution in [-0.2, 0) is 6.42 Å². The van der Waals surface area contributed by atoms with Crippen molar-refractivity contribution in [3.63, 3.8) is 0 Å². The molecule has 106 valence electrons. The minimum atomic E-state index is 0.368. The Morgan fingerprint density at radius 2 is 2.05 bits per heavy atom. The van der Waals surface area contributed by atoms with Crippen LogP contribution in [0.1, 0.15) is 24.4 Å². The molecule has 0 bridgehead atoms. The molecule has 1 aliphatic rings. The van der Waals surface area contributed by atoms with Crippen molar-refractivity contribution >= 4 is 16.7 Å². The van der Waals surface area contributed by atoms with Crippen molar-refractivity contribution in [2.24, 2.45) is 0 Å². The highest BCUT2D eigenvalue weighted by Crippen LogP contribution is 2.31. The molecule has 1 aromatic heterocycles.